The predicted molar refractivity (Wildman–Crippen MR) is 126 cm³/mol. The number of nitrogens with one attached hydrogen (secondary N) is 3. The molecular weight excluding hydrogens is 437 g/mol. The summed E-state index contributed by atoms with van der Waals surface area (Å²) < 4.78 is 16.0. The Labute approximate surface area is 199 Å². The first-order valence-electron chi connectivity index (χ1n) is 11.1. The van der Waals surface area contributed by atoms with Crippen LogP contribution in [-0.4, -0.2) is 55.2 Å². The van der Waals surface area contributed by atoms with Crippen molar-refractivity contribution in [3.05, 3.63) is 71.8 Å². The molecule has 2 rings (SSSR count). The summed E-state index contributed by atoms with van der Waals surface area (Å²) in [6.07, 6.45) is -0.281. The molecule has 10 heteroatoms. The molecule has 2 aromatic rings. The van der Waals surface area contributed by atoms with Gasteiger partial charge in [0.2, 0.25) is 0 Å². The molecule has 0 spiro atoms. The van der Waals surface area contributed by atoms with Gasteiger partial charge in [0.15, 0.2) is 0 Å². The zero-order chi connectivity index (χ0) is 24.8. The molecule has 0 saturated heterocycles. The van der Waals surface area contributed by atoms with E-state index < -0.39 is 42.5 Å². The van der Waals surface area contributed by atoms with Gasteiger partial charge in [0.1, 0.15) is 6.61 Å². The molecule has 9 nitrogen and oxygen atoms in total. The summed E-state index contributed by atoms with van der Waals surface area (Å²) >= 11 is 0. The van der Waals surface area contributed by atoms with E-state index in [0.717, 1.165) is 5.56 Å². The Morgan fingerprint density at radius 1 is 1.03 bits per heavy atom. The van der Waals surface area contributed by atoms with Crippen LogP contribution in [0.4, 0.5) is 0 Å². The average Bonchev–Trinajstić information content (AvgIpc) is 2.87. The normalized spacial score (nSPS) is 13.1. The first-order valence-corrected chi connectivity index (χ1v) is 11.1. The summed E-state index contributed by atoms with van der Waals surface area (Å²) in [7, 11) is 0.640. The smallest absolute Gasteiger partial charge is 0.0622 e. The van der Waals surface area contributed by atoms with Crippen molar-refractivity contribution in [2.75, 3.05) is 13.0 Å². The van der Waals surface area contributed by atoms with E-state index in [0.29, 0.717) is 25.6 Å². The summed E-state index contributed by atoms with van der Waals surface area (Å²) in [5.74, 6) is -2.02. The quantitative estimate of drug-likeness (QED) is 0.239. The molecule has 0 aromatic heterocycles. The fraction of sp³-hybridized carbons (Fsp3) is 0.375. The minimum atomic E-state index is -1.44. The molecule has 2 unspecified atom stereocenters. The van der Waals surface area contributed by atoms with Gasteiger partial charge in [0.05, 0.1) is 0 Å². The fourth-order valence-corrected chi connectivity index (χ4v) is 3.28. The summed E-state index contributed by atoms with van der Waals surface area (Å²) in [4.78, 5) is 37.6. The Kier molecular flexibility index (Phi) is 11.6. The van der Waals surface area contributed by atoms with Crippen LogP contribution in [0, 0.1) is 0 Å². The van der Waals surface area contributed by atoms with Gasteiger partial charge in [-0.15, -0.1) is 0 Å². The third-order valence-corrected chi connectivity index (χ3v) is 5.03. The van der Waals surface area contributed by atoms with E-state index in [1.807, 2.05) is 37.3 Å². The molecule has 0 aliphatic heterocycles. The predicted octanol–water partition coefficient (Wildman–Crippen LogP) is 0.830. The van der Waals surface area contributed by atoms with Gasteiger partial charge < -0.3 is 0 Å². The zero-order valence-electron chi connectivity index (χ0n) is 19.1. The number of hydrogen-bond acceptors (Lipinski definition) is 7. The van der Waals surface area contributed by atoms with Gasteiger partial charge in [-0.25, -0.2) is 0 Å². The Balaban J connectivity index is 1.97. The van der Waals surface area contributed by atoms with E-state index in [1.165, 1.54) is 0 Å². The minimum absolute atomic E-state index is 0.000653. The second-order valence-corrected chi connectivity index (χ2v) is 7.64. The SMILES string of the molecule is CCCC(NCB=O)C(O)C(=O)NCC(=O)N[C@H](C(=O)OCc1ccccc1)c1ccccc1. The summed E-state index contributed by atoms with van der Waals surface area (Å²) in [6.45, 7) is 1.49. The standard InChI is InChI=1S/C24H30BN3O6/c1-2-9-19(27-16-25-33)22(30)23(31)26-14-20(29)28-21(18-12-7-4-8-13-18)24(32)34-15-17-10-5-3-6-11-17/h3-8,10-13,19,21-22,27,30H,2,9,14-16H2,1H3,(H,26,31)(H,28,29)/t19?,21-,22?/m0/s1. The van der Waals surface area contributed by atoms with Crippen LogP contribution in [0.3, 0.4) is 0 Å². The number of carbonyl (C=O) groups excluding carboxylic acids is 3. The number of esters is 1. The number of carbonyl (C=O) groups is 3. The molecule has 0 aliphatic carbocycles. The van der Waals surface area contributed by atoms with E-state index >= 15 is 0 Å². The Morgan fingerprint density at radius 3 is 2.29 bits per heavy atom. The van der Waals surface area contributed by atoms with Gasteiger partial charge in [-0.1, -0.05) is 48.5 Å². The average molecular weight is 467 g/mol. The monoisotopic (exact) mass is 467 g/mol. The number of amides is 2. The fourth-order valence-electron chi connectivity index (χ4n) is 3.28. The minimum Gasteiger partial charge on any atom is -0.0622 e. The third kappa shape index (κ3) is 8.88. The Hall–Kier alpha value is -3.37. The topological polar surface area (TPSA) is 134 Å². The van der Waals surface area contributed by atoms with Crippen LogP contribution in [0.25, 0.3) is 0 Å². The molecular formula is C24H30BN3O6. The van der Waals surface area contributed by atoms with Crippen molar-refractivity contribution in [1.29, 1.82) is 0 Å². The van der Waals surface area contributed by atoms with E-state index in [1.54, 1.807) is 30.3 Å². The van der Waals surface area contributed by atoms with Gasteiger partial charge in [0, 0.05) is 0 Å². The second kappa shape index (κ2) is 14.7. The van der Waals surface area contributed by atoms with Crippen LogP contribution in [0.15, 0.2) is 60.7 Å². The molecule has 34 heavy (non-hydrogen) atoms. The number of aliphatic hydroxyl groups is 1. The molecule has 3 atom stereocenters. The van der Waals surface area contributed by atoms with Gasteiger partial charge in [0.25, 0.3) is 0 Å². The van der Waals surface area contributed by atoms with Crippen molar-refractivity contribution in [3.8, 4) is 0 Å². The van der Waals surface area contributed by atoms with Crippen molar-refractivity contribution in [1.82, 2.24) is 16.0 Å². The van der Waals surface area contributed by atoms with Crippen LogP contribution < -0.4 is 16.0 Å². The maximum atomic E-state index is 12.8. The zero-order valence-corrected chi connectivity index (χ0v) is 19.1. The van der Waals surface area contributed by atoms with Gasteiger partial charge in [-0.05, 0) is 5.56 Å². The van der Waals surface area contributed by atoms with Crippen LogP contribution in [-0.2, 0) is 30.4 Å². The van der Waals surface area contributed by atoms with Crippen molar-refractivity contribution < 1.29 is 28.9 Å². The first-order chi connectivity index (χ1) is 16.5. The summed E-state index contributed by atoms with van der Waals surface area (Å²) in [5.41, 5.74) is 1.33. The van der Waals surface area contributed by atoms with Gasteiger partial charge in [-0.3, -0.25) is 0 Å². The Bertz CT molecular complexity index is 929. The number of benzene rings is 2. The number of hydrogen-bond donors (Lipinski definition) is 4. The van der Waals surface area contributed by atoms with Crippen molar-refractivity contribution in [2.24, 2.45) is 0 Å². The molecule has 0 heterocycles. The molecule has 180 valence electrons. The Morgan fingerprint density at radius 2 is 1.68 bits per heavy atom. The molecule has 0 saturated carbocycles. The molecule has 2 amide bonds. The van der Waals surface area contributed by atoms with Crippen LogP contribution in [0.1, 0.15) is 36.9 Å². The maximum absolute atomic E-state index is 12.8. The van der Waals surface area contributed by atoms with Crippen molar-refractivity contribution in [2.45, 2.75) is 44.6 Å². The number of rotatable bonds is 14. The molecule has 0 fully saturated rings. The van der Waals surface area contributed by atoms with Gasteiger partial charge >= 0.3 is 138 Å². The first kappa shape index (κ1) is 26.9. The van der Waals surface area contributed by atoms with Gasteiger partial charge in [-0.2, -0.15) is 0 Å². The number of aliphatic hydroxyl groups excluding tert-OH is 1. The second-order valence-electron chi connectivity index (χ2n) is 7.64. The molecule has 2 aromatic carbocycles. The number of ether oxygens (including phenoxy) is 1. The van der Waals surface area contributed by atoms with Crippen molar-refractivity contribution >= 4 is 24.9 Å². The van der Waals surface area contributed by atoms with Crippen LogP contribution >= 0.6 is 0 Å². The third-order valence-electron chi connectivity index (χ3n) is 5.03. The van der Waals surface area contributed by atoms with Crippen LogP contribution in [0.2, 0.25) is 0 Å². The molecule has 4 N–H and O–H groups in total. The van der Waals surface area contributed by atoms with Crippen molar-refractivity contribution in [3.63, 3.8) is 0 Å². The van der Waals surface area contributed by atoms with Crippen LogP contribution in [0.5, 0.6) is 0 Å². The van der Waals surface area contributed by atoms with E-state index in [2.05, 4.69) is 16.0 Å². The van der Waals surface area contributed by atoms with E-state index in [9.17, 15) is 24.2 Å². The molecule has 0 radical (unpaired) electrons. The summed E-state index contributed by atoms with van der Waals surface area (Å²) in [6, 6.07) is 16.1. The molecule has 0 aliphatic rings. The summed E-state index contributed by atoms with van der Waals surface area (Å²) in [5, 5.41) is 18.0. The van der Waals surface area contributed by atoms with E-state index in [-0.39, 0.29) is 13.1 Å². The van der Waals surface area contributed by atoms with E-state index in [4.69, 9.17) is 4.74 Å². The molecule has 0 bridgehead atoms.